The standard InChI is InChI=1S/C11H15NO2S/c1-15(13,14)12-9-5-8-11(12)10-6-3-2-4-7-10/h2-4,6-7,11H,5,8-9H2,1H3/t11-/m0/s1. The van der Waals surface area contributed by atoms with Gasteiger partial charge in [0.15, 0.2) is 0 Å². The fourth-order valence-electron chi connectivity index (χ4n) is 2.15. The zero-order valence-corrected chi connectivity index (χ0v) is 9.57. The molecule has 1 heterocycles. The SMILES string of the molecule is CS(=O)(=O)N1CCC[C@H]1c1ccccc1. The molecule has 0 bridgehead atoms. The van der Waals surface area contributed by atoms with Gasteiger partial charge in [0.1, 0.15) is 0 Å². The molecule has 82 valence electrons. The van der Waals surface area contributed by atoms with Crippen molar-refractivity contribution in [1.29, 1.82) is 0 Å². The second-order valence-corrected chi connectivity index (χ2v) is 5.88. The minimum absolute atomic E-state index is 0.0428. The summed E-state index contributed by atoms with van der Waals surface area (Å²) in [7, 11) is -3.07. The molecule has 2 rings (SSSR count). The van der Waals surface area contributed by atoms with E-state index >= 15 is 0 Å². The average molecular weight is 225 g/mol. The van der Waals surface area contributed by atoms with Gasteiger partial charge >= 0.3 is 0 Å². The molecule has 1 aromatic rings. The first-order chi connectivity index (χ1) is 7.09. The Kier molecular flexibility index (Phi) is 2.80. The van der Waals surface area contributed by atoms with E-state index in [0.717, 1.165) is 18.4 Å². The van der Waals surface area contributed by atoms with Crippen molar-refractivity contribution in [2.24, 2.45) is 0 Å². The fraction of sp³-hybridized carbons (Fsp3) is 0.455. The summed E-state index contributed by atoms with van der Waals surface area (Å²) in [6.45, 7) is 0.651. The van der Waals surface area contributed by atoms with E-state index in [4.69, 9.17) is 0 Å². The van der Waals surface area contributed by atoms with Crippen molar-refractivity contribution < 1.29 is 8.42 Å². The van der Waals surface area contributed by atoms with Crippen LogP contribution in [-0.4, -0.2) is 25.5 Å². The Morgan fingerprint density at radius 1 is 1.27 bits per heavy atom. The Hall–Kier alpha value is -0.870. The molecule has 0 unspecified atom stereocenters. The van der Waals surface area contributed by atoms with E-state index < -0.39 is 10.0 Å². The van der Waals surface area contributed by atoms with Gasteiger partial charge in [-0.3, -0.25) is 0 Å². The van der Waals surface area contributed by atoms with Crippen molar-refractivity contribution in [3.05, 3.63) is 35.9 Å². The van der Waals surface area contributed by atoms with E-state index in [1.54, 1.807) is 4.31 Å². The second kappa shape index (κ2) is 3.94. The Morgan fingerprint density at radius 3 is 2.53 bits per heavy atom. The van der Waals surface area contributed by atoms with Crippen LogP contribution in [0.15, 0.2) is 30.3 Å². The summed E-state index contributed by atoms with van der Waals surface area (Å²) in [6.07, 6.45) is 3.16. The normalized spacial score (nSPS) is 23.1. The summed E-state index contributed by atoms with van der Waals surface area (Å²) in [4.78, 5) is 0. The molecule has 1 fully saturated rings. The molecule has 4 heteroatoms. The van der Waals surface area contributed by atoms with Crippen LogP contribution >= 0.6 is 0 Å². The maximum Gasteiger partial charge on any atom is 0.211 e. The van der Waals surface area contributed by atoms with Crippen molar-refractivity contribution >= 4 is 10.0 Å². The van der Waals surface area contributed by atoms with Crippen LogP contribution in [0.5, 0.6) is 0 Å². The molecule has 0 saturated carbocycles. The maximum absolute atomic E-state index is 11.5. The zero-order chi connectivity index (χ0) is 10.9. The summed E-state index contributed by atoms with van der Waals surface area (Å²) >= 11 is 0. The topological polar surface area (TPSA) is 37.4 Å². The lowest BCUT2D eigenvalue weighted by atomic mass is 10.1. The van der Waals surface area contributed by atoms with Gasteiger partial charge in [0.05, 0.1) is 6.26 Å². The summed E-state index contributed by atoms with van der Waals surface area (Å²) in [5, 5.41) is 0. The lowest BCUT2D eigenvalue weighted by Gasteiger charge is -2.22. The highest BCUT2D eigenvalue weighted by Gasteiger charge is 2.32. The van der Waals surface area contributed by atoms with Crippen molar-refractivity contribution in [3.63, 3.8) is 0 Å². The molecule has 1 aliphatic rings. The number of rotatable bonds is 2. The smallest absolute Gasteiger partial charge is 0.211 e. The quantitative estimate of drug-likeness (QED) is 0.769. The molecule has 15 heavy (non-hydrogen) atoms. The predicted molar refractivity (Wildman–Crippen MR) is 60.0 cm³/mol. The molecule has 0 aliphatic carbocycles. The summed E-state index contributed by atoms with van der Waals surface area (Å²) < 4.78 is 24.7. The summed E-state index contributed by atoms with van der Waals surface area (Å²) in [6, 6.07) is 9.88. The highest BCUT2D eigenvalue weighted by atomic mass is 32.2. The van der Waals surface area contributed by atoms with E-state index in [1.165, 1.54) is 6.26 Å². The molecule has 0 spiro atoms. The Balaban J connectivity index is 2.30. The predicted octanol–water partition coefficient (Wildman–Crippen LogP) is 1.78. The van der Waals surface area contributed by atoms with Gasteiger partial charge in [0.25, 0.3) is 0 Å². The molecule has 0 aromatic heterocycles. The average Bonchev–Trinajstić information content (AvgIpc) is 2.67. The van der Waals surface area contributed by atoms with Gasteiger partial charge in [-0.25, -0.2) is 8.42 Å². The van der Waals surface area contributed by atoms with Crippen molar-refractivity contribution in [2.75, 3.05) is 12.8 Å². The van der Waals surface area contributed by atoms with Crippen molar-refractivity contribution in [1.82, 2.24) is 4.31 Å². The van der Waals surface area contributed by atoms with E-state index in [-0.39, 0.29) is 6.04 Å². The maximum atomic E-state index is 11.5. The Labute approximate surface area is 90.8 Å². The fourth-order valence-corrected chi connectivity index (χ4v) is 3.30. The van der Waals surface area contributed by atoms with Gasteiger partial charge in [0, 0.05) is 12.6 Å². The highest BCUT2D eigenvalue weighted by molar-refractivity contribution is 7.88. The zero-order valence-electron chi connectivity index (χ0n) is 8.76. The number of sulfonamides is 1. The van der Waals surface area contributed by atoms with Gasteiger partial charge in [-0.05, 0) is 18.4 Å². The minimum atomic E-state index is -3.07. The third kappa shape index (κ3) is 2.21. The largest absolute Gasteiger partial charge is 0.212 e. The van der Waals surface area contributed by atoms with Gasteiger partial charge in [-0.2, -0.15) is 4.31 Å². The lowest BCUT2D eigenvalue weighted by Crippen LogP contribution is -2.29. The second-order valence-electron chi connectivity index (χ2n) is 3.94. The Morgan fingerprint density at radius 2 is 1.93 bits per heavy atom. The summed E-state index contributed by atoms with van der Waals surface area (Å²) in [5.74, 6) is 0. The van der Waals surface area contributed by atoms with Gasteiger partial charge < -0.3 is 0 Å². The highest BCUT2D eigenvalue weighted by Crippen LogP contribution is 2.33. The first kappa shape index (κ1) is 10.6. The van der Waals surface area contributed by atoms with E-state index in [0.29, 0.717) is 6.54 Å². The molecular formula is C11H15NO2S. The first-order valence-corrected chi connectivity index (χ1v) is 6.95. The lowest BCUT2D eigenvalue weighted by molar-refractivity contribution is 0.400. The molecule has 3 nitrogen and oxygen atoms in total. The van der Waals surface area contributed by atoms with Crippen LogP contribution in [-0.2, 0) is 10.0 Å². The van der Waals surface area contributed by atoms with Crippen LogP contribution in [0, 0.1) is 0 Å². The van der Waals surface area contributed by atoms with Crippen LogP contribution in [0.25, 0.3) is 0 Å². The molecule has 1 aliphatic heterocycles. The van der Waals surface area contributed by atoms with Crippen molar-refractivity contribution in [3.8, 4) is 0 Å². The molecule has 0 amide bonds. The molecule has 0 N–H and O–H groups in total. The third-order valence-electron chi connectivity index (χ3n) is 2.81. The van der Waals surface area contributed by atoms with Gasteiger partial charge in [-0.15, -0.1) is 0 Å². The first-order valence-electron chi connectivity index (χ1n) is 5.11. The Bertz CT molecular complexity index is 427. The van der Waals surface area contributed by atoms with Crippen LogP contribution in [0.4, 0.5) is 0 Å². The van der Waals surface area contributed by atoms with Crippen LogP contribution in [0.3, 0.4) is 0 Å². The number of hydrogen-bond acceptors (Lipinski definition) is 2. The molecular weight excluding hydrogens is 210 g/mol. The molecule has 1 aromatic carbocycles. The summed E-state index contributed by atoms with van der Waals surface area (Å²) in [5.41, 5.74) is 1.10. The number of benzene rings is 1. The van der Waals surface area contributed by atoms with Crippen molar-refractivity contribution in [2.45, 2.75) is 18.9 Å². The van der Waals surface area contributed by atoms with Crippen LogP contribution in [0.2, 0.25) is 0 Å². The van der Waals surface area contributed by atoms with Gasteiger partial charge in [-0.1, -0.05) is 30.3 Å². The van der Waals surface area contributed by atoms with Crippen LogP contribution < -0.4 is 0 Å². The monoisotopic (exact) mass is 225 g/mol. The number of nitrogens with zero attached hydrogens (tertiary/aromatic N) is 1. The molecule has 1 atom stereocenters. The third-order valence-corrected chi connectivity index (χ3v) is 4.10. The minimum Gasteiger partial charge on any atom is -0.212 e. The molecule has 1 saturated heterocycles. The van der Waals surface area contributed by atoms with E-state index in [1.807, 2.05) is 30.3 Å². The van der Waals surface area contributed by atoms with Gasteiger partial charge in [0.2, 0.25) is 10.0 Å². The molecule has 0 radical (unpaired) electrons. The number of hydrogen-bond donors (Lipinski definition) is 0. The van der Waals surface area contributed by atoms with E-state index in [2.05, 4.69) is 0 Å². The van der Waals surface area contributed by atoms with Crippen LogP contribution in [0.1, 0.15) is 24.4 Å². The van der Waals surface area contributed by atoms with E-state index in [9.17, 15) is 8.42 Å².